The zero-order valence-corrected chi connectivity index (χ0v) is 8.81. The highest BCUT2D eigenvalue weighted by Gasteiger charge is 2.16. The van der Waals surface area contributed by atoms with Crippen LogP contribution < -0.4 is 27.0 Å². The van der Waals surface area contributed by atoms with Crippen LogP contribution in [0.15, 0.2) is 9.59 Å². The number of aromatic amines is 1. The van der Waals surface area contributed by atoms with Gasteiger partial charge in [0.1, 0.15) is 17.6 Å². The molecule has 8 heteroatoms. The molecule has 0 aliphatic heterocycles. The highest BCUT2D eigenvalue weighted by molar-refractivity contribution is 5.87. The fourth-order valence-corrected chi connectivity index (χ4v) is 1.26. The van der Waals surface area contributed by atoms with Gasteiger partial charge in [-0.15, -0.1) is 0 Å². The van der Waals surface area contributed by atoms with Crippen LogP contribution in [-0.2, 0) is 7.05 Å². The molecule has 0 saturated heterocycles. The number of hydrogen-bond acceptors (Lipinski definition) is 5. The average Bonchev–Trinajstić information content (AvgIpc) is 2.20. The van der Waals surface area contributed by atoms with Crippen LogP contribution in [0.1, 0.15) is 6.92 Å². The summed E-state index contributed by atoms with van der Waals surface area (Å²) in [7, 11) is 1.32. The average molecular weight is 227 g/mol. The van der Waals surface area contributed by atoms with Crippen molar-refractivity contribution in [2.75, 3.05) is 17.2 Å². The number of anilines is 2. The number of nitrogens with one attached hydrogen (secondary N) is 1. The lowest BCUT2D eigenvalue weighted by molar-refractivity contribution is -0.246. The van der Waals surface area contributed by atoms with E-state index in [2.05, 4.69) is 0 Å². The first-order chi connectivity index (χ1) is 7.40. The number of carbonyl (C=O) groups excluding carboxylic acids is 1. The number of H-pyrrole nitrogens is 1. The van der Waals surface area contributed by atoms with E-state index in [-0.39, 0.29) is 18.1 Å². The lowest BCUT2D eigenvalue weighted by Gasteiger charge is -2.24. The molecule has 1 amide bonds. The first-order valence-corrected chi connectivity index (χ1v) is 4.47. The van der Waals surface area contributed by atoms with Crippen molar-refractivity contribution in [2.24, 2.45) is 7.05 Å². The van der Waals surface area contributed by atoms with Crippen LogP contribution >= 0.6 is 0 Å². The van der Waals surface area contributed by atoms with Crippen LogP contribution in [0.3, 0.4) is 0 Å². The molecule has 1 heterocycles. The van der Waals surface area contributed by atoms with Gasteiger partial charge < -0.3 is 20.5 Å². The number of carbonyl (C=O) groups is 1. The van der Waals surface area contributed by atoms with E-state index < -0.39 is 17.3 Å². The SMILES string of the molecule is CCN(C(=O)[O-])c1c(N)n(C)c(=O)[nH]c1=O. The summed E-state index contributed by atoms with van der Waals surface area (Å²) in [4.78, 5) is 35.9. The maximum atomic E-state index is 11.4. The molecule has 0 aliphatic carbocycles. The third kappa shape index (κ3) is 1.76. The van der Waals surface area contributed by atoms with Crippen molar-refractivity contribution in [2.45, 2.75) is 6.92 Å². The number of carboxylic acid groups (broad SMARTS) is 1. The summed E-state index contributed by atoms with van der Waals surface area (Å²) in [6.45, 7) is 1.51. The minimum atomic E-state index is -1.56. The smallest absolute Gasteiger partial charge is 0.329 e. The highest BCUT2D eigenvalue weighted by atomic mass is 16.4. The van der Waals surface area contributed by atoms with Crippen LogP contribution in [0.25, 0.3) is 0 Å². The molecule has 8 nitrogen and oxygen atoms in total. The maximum Gasteiger partial charge on any atom is 0.329 e. The second-order valence-electron chi connectivity index (χ2n) is 3.06. The summed E-state index contributed by atoms with van der Waals surface area (Å²) in [5, 5.41) is 10.8. The monoisotopic (exact) mass is 227 g/mol. The summed E-state index contributed by atoms with van der Waals surface area (Å²) >= 11 is 0. The number of amides is 1. The van der Waals surface area contributed by atoms with Gasteiger partial charge in [-0.05, 0) is 6.92 Å². The Kier molecular flexibility index (Phi) is 3.02. The molecule has 0 fully saturated rings. The topological polar surface area (TPSA) is 124 Å². The number of hydrogen-bond donors (Lipinski definition) is 2. The van der Waals surface area contributed by atoms with Gasteiger partial charge >= 0.3 is 5.69 Å². The summed E-state index contributed by atoms with van der Waals surface area (Å²) in [6, 6.07) is 0. The molecule has 16 heavy (non-hydrogen) atoms. The van der Waals surface area contributed by atoms with Crippen molar-refractivity contribution < 1.29 is 9.90 Å². The Morgan fingerprint density at radius 1 is 1.56 bits per heavy atom. The van der Waals surface area contributed by atoms with E-state index in [1.54, 1.807) is 0 Å². The van der Waals surface area contributed by atoms with E-state index in [0.717, 1.165) is 4.57 Å². The predicted octanol–water partition coefficient (Wildman–Crippen LogP) is -2.17. The summed E-state index contributed by atoms with van der Waals surface area (Å²) in [5.41, 5.74) is 3.64. The molecule has 0 bridgehead atoms. The van der Waals surface area contributed by atoms with Crippen LogP contribution in [0.4, 0.5) is 16.3 Å². The summed E-state index contributed by atoms with van der Waals surface area (Å²) < 4.78 is 0.947. The van der Waals surface area contributed by atoms with E-state index in [4.69, 9.17) is 5.73 Å². The molecule has 1 aromatic heterocycles. The molecule has 0 radical (unpaired) electrons. The van der Waals surface area contributed by atoms with E-state index in [0.29, 0.717) is 4.90 Å². The molecule has 0 aliphatic rings. The van der Waals surface area contributed by atoms with Gasteiger partial charge in [0.2, 0.25) is 0 Å². The number of rotatable bonds is 2. The Morgan fingerprint density at radius 2 is 2.12 bits per heavy atom. The van der Waals surface area contributed by atoms with E-state index >= 15 is 0 Å². The zero-order chi connectivity index (χ0) is 12.5. The molecule has 1 rings (SSSR count). The fourth-order valence-electron chi connectivity index (χ4n) is 1.26. The van der Waals surface area contributed by atoms with Gasteiger partial charge in [-0.3, -0.25) is 14.3 Å². The van der Waals surface area contributed by atoms with Crippen molar-refractivity contribution in [3.05, 3.63) is 20.8 Å². The lowest BCUT2D eigenvalue weighted by atomic mass is 10.4. The van der Waals surface area contributed by atoms with Gasteiger partial charge in [0.25, 0.3) is 5.56 Å². The van der Waals surface area contributed by atoms with Gasteiger partial charge in [0.15, 0.2) is 0 Å². The van der Waals surface area contributed by atoms with E-state index in [1.807, 2.05) is 4.98 Å². The molecule has 0 aromatic carbocycles. The van der Waals surface area contributed by atoms with Gasteiger partial charge in [-0.25, -0.2) is 4.79 Å². The third-order valence-electron chi connectivity index (χ3n) is 2.15. The fraction of sp³-hybridized carbons (Fsp3) is 0.375. The normalized spacial score (nSPS) is 10.1. The molecule has 0 unspecified atom stereocenters. The zero-order valence-electron chi connectivity index (χ0n) is 8.81. The van der Waals surface area contributed by atoms with E-state index in [9.17, 15) is 19.5 Å². The standard InChI is InChI=1S/C8H12N4O4/c1-3-12(8(15)16)4-5(9)11(2)7(14)10-6(4)13/h3,9H2,1-2H3,(H,15,16)(H,10,13,14)/p-1. The lowest BCUT2D eigenvalue weighted by Crippen LogP contribution is -2.46. The second-order valence-corrected chi connectivity index (χ2v) is 3.06. The Morgan fingerprint density at radius 3 is 2.56 bits per heavy atom. The molecule has 0 saturated carbocycles. The van der Waals surface area contributed by atoms with Gasteiger partial charge in [-0.2, -0.15) is 0 Å². The Balaban J connectivity index is 3.56. The molecule has 3 N–H and O–H groups in total. The highest BCUT2D eigenvalue weighted by Crippen LogP contribution is 2.14. The van der Waals surface area contributed by atoms with E-state index in [1.165, 1.54) is 14.0 Å². The molecule has 88 valence electrons. The van der Waals surface area contributed by atoms with Gasteiger partial charge in [-0.1, -0.05) is 0 Å². The van der Waals surface area contributed by atoms with Crippen molar-refractivity contribution in [1.29, 1.82) is 0 Å². The molecule has 0 atom stereocenters. The van der Waals surface area contributed by atoms with Crippen LogP contribution in [0.5, 0.6) is 0 Å². The Labute approximate surface area is 89.9 Å². The third-order valence-corrected chi connectivity index (χ3v) is 2.15. The number of aromatic nitrogens is 2. The summed E-state index contributed by atoms with van der Waals surface area (Å²) in [5.74, 6) is -0.222. The molecular formula is C8H11N4O4-. The van der Waals surface area contributed by atoms with Crippen molar-refractivity contribution >= 4 is 17.6 Å². The van der Waals surface area contributed by atoms with Crippen LogP contribution in [0.2, 0.25) is 0 Å². The number of nitrogen functional groups attached to an aromatic ring is 1. The summed E-state index contributed by atoms with van der Waals surface area (Å²) in [6.07, 6.45) is -1.56. The van der Waals surface area contributed by atoms with Crippen LogP contribution in [0, 0.1) is 0 Å². The van der Waals surface area contributed by atoms with Gasteiger partial charge in [0.05, 0.1) is 0 Å². The van der Waals surface area contributed by atoms with Crippen molar-refractivity contribution in [3.63, 3.8) is 0 Å². The first-order valence-electron chi connectivity index (χ1n) is 4.47. The Hall–Kier alpha value is -2.25. The molecule has 0 spiro atoms. The molecular weight excluding hydrogens is 216 g/mol. The minimum absolute atomic E-state index is 0.00613. The van der Waals surface area contributed by atoms with Crippen LogP contribution in [-0.4, -0.2) is 22.2 Å². The van der Waals surface area contributed by atoms with Crippen molar-refractivity contribution in [1.82, 2.24) is 9.55 Å². The first kappa shape index (κ1) is 11.8. The number of nitrogens with two attached hydrogens (primary N) is 1. The largest absolute Gasteiger partial charge is 0.530 e. The Bertz CT molecular complexity index is 530. The minimum Gasteiger partial charge on any atom is -0.530 e. The second kappa shape index (κ2) is 4.09. The predicted molar refractivity (Wildman–Crippen MR) is 55.1 cm³/mol. The van der Waals surface area contributed by atoms with Gasteiger partial charge in [0, 0.05) is 13.6 Å². The number of nitrogens with zero attached hydrogens (tertiary/aromatic N) is 2. The molecule has 1 aromatic rings. The maximum absolute atomic E-state index is 11.4. The van der Waals surface area contributed by atoms with Crippen molar-refractivity contribution in [3.8, 4) is 0 Å². The quantitative estimate of drug-likeness (QED) is 0.594.